The standard InChI is InChI=1S/C23H31N3O4S/c1-29-21-8-4-3-7-20(21)26-16-14-25(15-17-26)13-11-18-9-10-22(30-31(2,27)28)23-19(18)6-5-12-24-23/h3-4,7-10,24H,5-6,11-17H2,1-2H3. The zero-order valence-electron chi connectivity index (χ0n) is 18.3. The van der Waals surface area contributed by atoms with Crippen molar-refractivity contribution in [3.63, 3.8) is 0 Å². The summed E-state index contributed by atoms with van der Waals surface area (Å²) < 4.78 is 33.9. The largest absolute Gasteiger partial charge is 0.495 e. The Morgan fingerprint density at radius 1 is 1.03 bits per heavy atom. The van der Waals surface area contributed by atoms with Crippen LogP contribution in [-0.4, -0.2) is 66.0 Å². The molecule has 0 saturated carbocycles. The Hall–Kier alpha value is -2.45. The fraction of sp³-hybridized carbons (Fsp3) is 0.478. The summed E-state index contributed by atoms with van der Waals surface area (Å²) in [5, 5.41) is 3.35. The zero-order valence-corrected chi connectivity index (χ0v) is 19.1. The molecule has 8 heteroatoms. The van der Waals surface area contributed by atoms with E-state index in [1.807, 2.05) is 18.2 Å². The minimum atomic E-state index is -3.55. The van der Waals surface area contributed by atoms with Crippen LogP contribution in [0.2, 0.25) is 0 Å². The van der Waals surface area contributed by atoms with E-state index in [2.05, 4.69) is 27.2 Å². The molecule has 31 heavy (non-hydrogen) atoms. The number of rotatable bonds is 7. The molecule has 4 rings (SSSR count). The van der Waals surface area contributed by atoms with Crippen molar-refractivity contribution in [1.82, 2.24) is 4.90 Å². The number of piperazine rings is 1. The highest BCUT2D eigenvalue weighted by molar-refractivity contribution is 7.86. The fourth-order valence-electron chi connectivity index (χ4n) is 4.48. The maximum atomic E-state index is 11.6. The van der Waals surface area contributed by atoms with E-state index < -0.39 is 10.1 Å². The Morgan fingerprint density at radius 2 is 1.81 bits per heavy atom. The van der Waals surface area contributed by atoms with Crippen molar-refractivity contribution in [2.24, 2.45) is 0 Å². The normalized spacial score (nSPS) is 17.0. The van der Waals surface area contributed by atoms with Gasteiger partial charge in [-0.15, -0.1) is 0 Å². The van der Waals surface area contributed by atoms with Crippen LogP contribution in [0.3, 0.4) is 0 Å². The van der Waals surface area contributed by atoms with Crippen LogP contribution in [-0.2, 0) is 23.0 Å². The lowest BCUT2D eigenvalue weighted by Gasteiger charge is -2.36. The van der Waals surface area contributed by atoms with Gasteiger partial charge in [-0.25, -0.2) is 0 Å². The third-order valence-electron chi connectivity index (χ3n) is 6.01. The molecule has 2 aromatic carbocycles. The predicted octanol–water partition coefficient (Wildman–Crippen LogP) is 2.76. The van der Waals surface area contributed by atoms with E-state index in [0.717, 1.165) is 81.9 Å². The molecular formula is C23H31N3O4S. The number of methoxy groups -OCH3 is 1. The van der Waals surface area contributed by atoms with Gasteiger partial charge in [-0.3, -0.25) is 4.90 Å². The number of nitrogens with one attached hydrogen (secondary N) is 1. The van der Waals surface area contributed by atoms with Crippen molar-refractivity contribution in [3.05, 3.63) is 47.5 Å². The SMILES string of the molecule is COc1ccccc1N1CCN(CCc2ccc(OS(C)(=O)=O)c3c2CCCN3)CC1. The first-order chi connectivity index (χ1) is 14.9. The van der Waals surface area contributed by atoms with E-state index in [1.54, 1.807) is 13.2 Å². The van der Waals surface area contributed by atoms with E-state index in [-0.39, 0.29) is 0 Å². The molecule has 0 radical (unpaired) electrons. The number of nitrogens with zero attached hydrogens (tertiary/aromatic N) is 2. The summed E-state index contributed by atoms with van der Waals surface area (Å²) in [6.07, 6.45) is 4.01. The molecule has 168 valence electrons. The van der Waals surface area contributed by atoms with Gasteiger partial charge >= 0.3 is 10.1 Å². The summed E-state index contributed by atoms with van der Waals surface area (Å²) in [6, 6.07) is 12.0. The van der Waals surface area contributed by atoms with Gasteiger partial charge in [0.2, 0.25) is 0 Å². The molecule has 2 heterocycles. The lowest BCUT2D eigenvalue weighted by Crippen LogP contribution is -2.47. The average molecular weight is 446 g/mol. The molecule has 1 saturated heterocycles. The first-order valence-corrected chi connectivity index (χ1v) is 12.6. The number of hydrogen-bond donors (Lipinski definition) is 1. The second-order valence-corrected chi connectivity index (χ2v) is 9.72. The fourth-order valence-corrected chi connectivity index (χ4v) is 4.94. The van der Waals surface area contributed by atoms with Gasteiger partial charge < -0.3 is 19.1 Å². The monoisotopic (exact) mass is 445 g/mol. The zero-order chi connectivity index (χ0) is 21.8. The molecule has 0 aliphatic carbocycles. The Bertz CT molecular complexity index is 1020. The van der Waals surface area contributed by atoms with Crippen LogP contribution >= 0.6 is 0 Å². The van der Waals surface area contributed by atoms with E-state index in [0.29, 0.717) is 5.75 Å². The van der Waals surface area contributed by atoms with E-state index in [4.69, 9.17) is 8.92 Å². The van der Waals surface area contributed by atoms with Crippen molar-refractivity contribution in [3.8, 4) is 11.5 Å². The van der Waals surface area contributed by atoms with E-state index in [9.17, 15) is 8.42 Å². The molecule has 0 aromatic heterocycles. The van der Waals surface area contributed by atoms with Gasteiger partial charge in [-0.2, -0.15) is 8.42 Å². The number of ether oxygens (including phenoxy) is 1. The lowest BCUT2D eigenvalue weighted by atomic mass is 9.95. The molecule has 1 N–H and O–H groups in total. The van der Waals surface area contributed by atoms with Gasteiger partial charge in [0.15, 0.2) is 5.75 Å². The number of hydrogen-bond acceptors (Lipinski definition) is 7. The van der Waals surface area contributed by atoms with Crippen molar-refractivity contribution >= 4 is 21.5 Å². The third kappa shape index (κ3) is 5.25. The van der Waals surface area contributed by atoms with Crippen LogP contribution in [0.4, 0.5) is 11.4 Å². The molecule has 7 nitrogen and oxygen atoms in total. The number of benzene rings is 2. The average Bonchev–Trinajstić information content (AvgIpc) is 2.78. The molecule has 0 bridgehead atoms. The maximum Gasteiger partial charge on any atom is 0.306 e. The van der Waals surface area contributed by atoms with Crippen molar-refractivity contribution in [1.29, 1.82) is 0 Å². The quantitative estimate of drug-likeness (QED) is 0.657. The Morgan fingerprint density at radius 3 is 2.55 bits per heavy atom. The molecule has 2 aliphatic rings. The molecule has 0 amide bonds. The highest BCUT2D eigenvalue weighted by Crippen LogP contribution is 2.36. The molecule has 2 aliphatic heterocycles. The van der Waals surface area contributed by atoms with Gasteiger partial charge in [0.25, 0.3) is 0 Å². The first-order valence-electron chi connectivity index (χ1n) is 10.8. The Balaban J connectivity index is 1.39. The second kappa shape index (κ2) is 9.36. The van der Waals surface area contributed by atoms with Crippen LogP contribution in [0.15, 0.2) is 36.4 Å². The summed E-state index contributed by atoms with van der Waals surface area (Å²) in [7, 11) is -1.83. The molecule has 1 fully saturated rings. The minimum Gasteiger partial charge on any atom is -0.495 e. The predicted molar refractivity (Wildman–Crippen MR) is 124 cm³/mol. The van der Waals surface area contributed by atoms with Crippen molar-refractivity contribution in [2.75, 3.05) is 62.9 Å². The minimum absolute atomic E-state index is 0.409. The first kappa shape index (κ1) is 21.8. The molecular weight excluding hydrogens is 414 g/mol. The van der Waals surface area contributed by atoms with Gasteiger partial charge in [0, 0.05) is 39.3 Å². The topological polar surface area (TPSA) is 71.1 Å². The van der Waals surface area contributed by atoms with Crippen molar-refractivity contribution in [2.45, 2.75) is 19.3 Å². The summed E-state index contributed by atoms with van der Waals surface area (Å²) in [4.78, 5) is 4.88. The highest BCUT2D eigenvalue weighted by atomic mass is 32.2. The van der Waals surface area contributed by atoms with Gasteiger partial charge in [0.1, 0.15) is 5.75 Å². The summed E-state index contributed by atoms with van der Waals surface area (Å²) in [6.45, 7) is 5.78. The van der Waals surface area contributed by atoms with Crippen LogP contribution in [0, 0.1) is 0 Å². The van der Waals surface area contributed by atoms with Crippen LogP contribution in [0.25, 0.3) is 0 Å². The van der Waals surface area contributed by atoms with Crippen LogP contribution < -0.4 is 19.1 Å². The van der Waals surface area contributed by atoms with Gasteiger partial charge in [0.05, 0.1) is 24.7 Å². The summed E-state index contributed by atoms with van der Waals surface area (Å²) in [5.74, 6) is 1.33. The Labute approximate surface area is 185 Å². The lowest BCUT2D eigenvalue weighted by molar-refractivity contribution is 0.260. The second-order valence-electron chi connectivity index (χ2n) is 8.14. The van der Waals surface area contributed by atoms with E-state index in [1.165, 1.54) is 11.1 Å². The molecule has 0 atom stereocenters. The van der Waals surface area contributed by atoms with Crippen LogP contribution in [0.1, 0.15) is 17.5 Å². The molecule has 0 spiro atoms. The molecule has 2 aromatic rings. The van der Waals surface area contributed by atoms with Crippen LogP contribution in [0.5, 0.6) is 11.5 Å². The number of fused-ring (bicyclic) bond motifs is 1. The highest BCUT2D eigenvalue weighted by Gasteiger charge is 2.22. The Kier molecular flexibility index (Phi) is 6.57. The van der Waals surface area contributed by atoms with Gasteiger partial charge in [-0.1, -0.05) is 18.2 Å². The van der Waals surface area contributed by atoms with Crippen molar-refractivity contribution < 1.29 is 17.3 Å². The summed E-state index contributed by atoms with van der Waals surface area (Å²) >= 11 is 0. The molecule has 0 unspecified atom stereocenters. The maximum absolute atomic E-state index is 11.6. The summed E-state index contributed by atoms with van der Waals surface area (Å²) in [5.41, 5.74) is 4.47. The smallest absolute Gasteiger partial charge is 0.306 e. The number of para-hydroxylation sites is 2. The van der Waals surface area contributed by atoms with E-state index >= 15 is 0 Å². The van der Waals surface area contributed by atoms with Gasteiger partial charge in [-0.05, 0) is 48.6 Å². The number of anilines is 2. The third-order valence-corrected chi connectivity index (χ3v) is 6.50.